The smallest absolute Gasteiger partial charge is 0.316 e. The van der Waals surface area contributed by atoms with E-state index in [2.05, 4.69) is 12.1 Å². The van der Waals surface area contributed by atoms with Crippen LogP contribution in [-0.2, 0) is 20.7 Å². The molecule has 0 radical (unpaired) electrons. The molecule has 0 spiro atoms. The number of hydrogen-bond donors (Lipinski definition) is 0. The highest BCUT2D eigenvalue weighted by atomic mass is 32.2. The van der Waals surface area contributed by atoms with E-state index in [0.29, 0.717) is 4.90 Å². The molecule has 0 saturated heterocycles. The zero-order chi connectivity index (χ0) is 19.2. The fourth-order valence-corrected chi connectivity index (χ4v) is 4.03. The minimum absolute atomic E-state index is 0.00828. The molecule has 1 amide bonds. The molecule has 27 heavy (non-hydrogen) atoms. The number of carbonyl (C=O) groups is 2. The lowest BCUT2D eigenvalue weighted by Crippen LogP contribution is -2.36. The fraction of sp³-hybridized carbons (Fsp3) is 0.333. The molecule has 0 saturated carbocycles. The SMILES string of the molecule is CN(C(=O)COC(=O)CSc1ccccc1F)[C@H]1CCCc2ccccc21. The average Bonchev–Trinajstić information content (AvgIpc) is 2.70. The molecule has 0 heterocycles. The molecule has 0 fully saturated rings. The Morgan fingerprint density at radius 3 is 2.74 bits per heavy atom. The molecule has 142 valence electrons. The second kappa shape index (κ2) is 9.04. The first-order valence-electron chi connectivity index (χ1n) is 8.92. The van der Waals surface area contributed by atoms with Gasteiger partial charge in [-0.1, -0.05) is 36.4 Å². The highest BCUT2D eigenvalue weighted by molar-refractivity contribution is 8.00. The normalized spacial score (nSPS) is 15.7. The summed E-state index contributed by atoms with van der Waals surface area (Å²) in [5, 5.41) is 0. The van der Waals surface area contributed by atoms with Gasteiger partial charge in [-0.05, 0) is 42.5 Å². The maximum Gasteiger partial charge on any atom is 0.316 e. The summed E-state index contributed by atoms with van der Waals surface area (Å²) >= 11 is 1.06. The van der Waals surface area contributed by atoms with Gasteiger partial charge in [-0.25, -0.2) is 4.39 Å². The first-order chi connectivity index (χ1) is 13.1. The summed E-state index contributed by atoms with van der Waals surface area (Å²) in [6.07, 6.45) is 2.95. The van der Waals surface area contributed by atoms with Crippen LogP contribution in [0.15, 0.2) is 53.4 Å². The Morgan fingerprint density at radius 1 is 1.19 bits per heavy atom. The zero-order valence-electron chi connectivity index (χ0n) is 15.2. The first-order valence-corrected chi connectivity index (χ1v) is 9.91. The van der Waals surface area contributed by atoms with Gasteiger partial charge in [0, 0.05) is 11.9 Å². The van der Waals surface area contributed by atoms with E-state index >= 15 is 0 Å². The predicted molar refractivity (Wildman–Crippen MR) is 103 cm³/mol. The van der Waals surface area contributed by atoms with Crippen LogP contribution < -0.4 is 0 Å². The van der Waals surface area contributed by atoms with Gasteiger partial charge >= 0.3 is 5.97 Å². The van der Waals surface area contributed by atoms with Gasteiger partial charge in [0.25, 0.3) is 5.91 Å². The van der Waals surface area contributed by atoms with Crippen LogP contribution in [0.1, 0.15) is 30.0 Å². The lowest BCUT2D eigenvalue weighted by Gasteiger charge is -2.33. The first kappa shape index (κ1) is 19.4. The topological polar surface area (TPSA) is 46.6 Å². The Hall–Kier alpha value is -2.34. The number of amides is 1. The number of carbonyl (C=O) groups excluding carboxylic acids is 2. The van der Waals surface area contributed by atoms with Crippen molar-refractivity contribution in [1.82, 2.24) is 4.90 Å². The van der Waals surface area contributed by atoms with Crippen molar-refractivity contribution in [3.8, 4) is 0 Å². The van der Waals surface area contributed by atoms with E-state index in [1.807, 2.05) is 12.1 Å². The Morgan fingerprint density at radius 2 is 1.93 bits per heavy atom. The molecule has 4 nitrogen and oxygen atoms in total. The minimum atomic E-state index is -0.533. The number of rotatable bonds is 6. The largest absolute Gasteiger partial charge is 0.455 e. The summed E-state index contributed by atoms with van der Waals surface area (Å²) in [6, 6.07) is 14.4. The minimum Gasteiger partial charge on any atom is -0.455 e. The number of benzene rings is 2. The van der Waals surface area contributed by atoms with Gasteiger partial charge in [0.1, 0.15) is 5.82 Å². The molecule has 0 aliphatic heterocycles. The number of likely N-dealkylation sites (N-methyl/N-ethyl adjacent to an activating group) is 1. The Balaban J connectivity index is 1.50. The van der Waals surface area contributed by atoms with E-state index in [0.717, 1.165) is 31.0 Å². The number of aryl methyl sites for hydroxylation is 1. The van der Waals surface area contributed by atoms with E-state index in [1.54, 1.807) is 30.1 Å². The molecule has 0 bridgehead atoms. The van der Waals surface area contributed by atoms with Crippen LogP contribution in [0.4, 0.5) is 4.39 Å². The highest BCUT2D eigenvalue weighted by Gasteiger charge is 2.26. The molecular weight excluding hydrogens is 365 g/mol. The van der Waals surface area contributed by atoms with E-state index in [4.69, 9.17) is 4.74 Å². The lowest BCUT2D eigenvalue weighted by atomic mass is 9.87. The van der Waals surface area contributed by atoms with E-state index in [1.165, 1.54) is 17.2 Å². The van der Waals surface area contributed by atoms with Gasteiger partial charge in [-0.3, -0.25) is 9.59 Å². The van der Waals surface area contributed by atoms with Crippen molar-refractivity contribution in [2.45, 2.75) is 30.2 Å². The van der Waals surface area contributed by atoms with Gasteiger partial charge in [-0.15, -0.1) is 11.8 Å². The molecule has 1 aliphatic carbocycles. The third-order valence-electron chi connectivity index (χ3n) is 4.74. The summed E-state index contributed by atoms with van der Waals surface area (Å²) in [5.41, 5.74) is 2.44. The number of esters is 1. The number of halogens is 1. The molecular formula is C21H22FNO3S. The molecule has 2 aromatic rings. The molecule has 0 N–H and O–H groups in total. The molecule has 0 aromatic heterocycles. The lowest BCUT2D eigenvalue weighted by molar-refractivity contribution is -0.150. The third kappa shape index (κ3) is 4.89. The van der Waals surface area contributed by atoms with E-state index < -0.39 is 5.97 Å². The van der Waals surface area contributed by atoms with Gasteiger partial charge in [0.05, 0.1) is 11.8 Å². The molecule has 3 rings (SSSR count). The molecule has 1 aliphatic rings. The van der Waals surface area contributed by atoms with Crippen molar-refractivity contribution < 1.29 is 18.7 Å². The van der Waals surface area contributed by atoms with Crippen LogP contribution in [0.3, 0.4) is 0 Å². The van der Waals surface area contributed by atoms with Crippen molar-refractivity contribution in [1.29, 1.82) is 0 Å². The van der Waals surface area contributed by atoms with Crippen LogP contribution in [0.25, 0.3) is 0 Å². The Bertz CT molecular complexity index is 827. The highest BCUT2D eigenvalue weighted by Crippen LogP contribution is 2.33. The Kier molecular flexibility index (Phi) is 6.50. The van der Waals surface area contributed by atoms with Crippen LogP contribution in [0.2, 0.25) is 0 Å². The van der Waals surface area contributed by atoms with E-state index in [9.17, 15) is 14.0 Å². The quantitative estimate of drug-likeness (QED) is 0.555. The van der Waals surface area contributed by atoms with Crippen molar-refractivity contribution >= 4 is 23.6 Å². The van der Waals surface area contributed by atoms with Crippen LogP contribution >= 0.6 is 11.8 Å². The van der Waals surface area contributed by atoms with E-state index in [-0.39, 0.29) is 30.1 Å². The summed E-state index contributed by atoms with van der Waals surface area (Å²) < 4.78 is 18.6. The zero-order valence-corrected chi connectivity index (χ0v) is 16.0. The van der Waals surface area contributed by atoms with Crippen LogP contribution in [0.5, 0.6) is 0 Å². The maximum atomic E-state index is 13.6. The second-order valence-electron chi connectivity index (χ2n) is 6.49. The third-order valence-corrected chi connectivity index (χ3v) is 5.76. The van der Waals surface area contributed by atoms with Gasteiger partial charge in [0.15, 0.2) is 6.61 Å². The molecule has 1 atom stereocenters. The number of thioether (sulfide) groups is 1. The van der Waals surface area contributed by atoms with Gasteiger partial charge in [0.2, 0.25) is 0 Å². The van der Waals surface area contributed by atoms with Crippen molar-refractivity contribution in [3.63, 3.8) is 0 Å². The number of hydrogen-bond acceptors (Lipinski definition) is 4. The molecule has 2 aromatic carbocycles. The van der Waals surface area contributed by atoms with Crippen molar-refractivity contribution in [2.75, 3.05) is 19.4 Å². The van der Waals surface area contributed by atoms with Gasteiger partial charge < -0.3 is 9.64 Å². The number of ether oxygens (including phenoxy) is 1. The maximum absolute atomic E-state index is 13.6. The average molecular weight is 387 g/mol. The second-order valence-corrected chi connectivity index (χ2v) is 7.51. The van der Waals surface area contributed by atoms with Gasteiger partial charge in [-0.2, -0.15) is 0 Å². The van der Waals surface area contributed by atoms with Crippen LogP contribution in [0, 0.1) is 5.82 Å². The number of nitrogens with zero attached hydrogens (tertiary/aromatic N) is 1. The monoisotopic (exact) mass is 387 g/mol. The Labute approximate surface area is 162 Å². The summed E-state index contributed by atoms with van der Waals surface area (Å²) in [5.74, 6) is -1.18. The van der Waals surface area contributed by atoms with Crippen molar-refractivity contribution in [2.24, 2.45) is 0 Å². The number of fused-ring (bicyclic) bond motifs is 1. The summed E-state index contributed by atoms with van der Waals surface area (Å²) in [6.45, 7) is -0.300. The summed E-state index contributed by atoms with van der Waals surface area (Å²) in [4.78, 5) is 26.4. The van der Waals surface area contributed by atoms with Crippen LogP contribution in [-0.4, -0.2) is 36.2 Å². The predicted octanol–water partition coefficient (Wildman–Crippen LogP) is 4.00. The fourth-order valence-electron chi connectivity index (χ4n) is 3.29. The summed E-state index contributed by atoms with van der Waals surface area (Å²) in [7, 11) is 1.75. The molecule has 0 unspecified atom stereocenters. The standard InChI is InChI=1S/C21H22FNO3S/c1-23(18-11-6-8-15-7-2-3-9-16(15)18)20(24)13-26-21(25)14-27-19-12-5-4-10-17(19)22/h2-5,7,9-10,12,18H,6,8,11,13-14H2,1H3/t18-/m0/s1. The van der Waals surface area contributed by atoms with Crippen molar-refractivity contribution in [3.05, 3.63) is 65.5 Å². The molecule has 6 heteroatoms.